The van der Waals surface area contributed by atoms with Crippen LogP contribution in [-0.4, -0.2) is 19.0 Å². The minimum absolute atomic E-state index is 0.159. The van der Waals surface area contributed by atoms with E-state index < -0.39 is 5.97 Å². The molecular weight excluding hydrogens is 270 g/mol. The average molecular weight is 285 g/mol. The molecule has 21 heavy (non-hydrogen) atoms. The highest BCUT2D eigenvalue weighted by Gasteiger charge is 2.13. The molecule has 5 heteroatoms. The zero-order chi connectivity index (χ0) is 15.2. The third kappa shape index (κ3) is 3.82. The first-order valence-corrected chi connectivity index (χ1v) is 6.33. The highest BCUT2D eigenvalue weighted by atomic mass is 16.5. The van der Waals surface area contributed by atoms with Crippen molar-refractivity contribution in [1.82, 2.24) is 0 Å². The first-order chi connectivity index (χ1) is 10.1. The molecule has 5 nitrogen and oxygen atoms in total. The highest BCUT2D eigenvalue weighted by molar-refractivity contribution is 5.94. The number of para-hydroxylation sites is 1. The van der Waals surface area contributed by atoms with Gasteiger partial charge in [0.2, 0.25) is 5.91 Å². The number of rotatable bonds is 4. The zero-order valence-electron chi connectivity index (χ0n) is 11.8. The maximum Gasteiger partial charge on any atom is 0.347 e. The summed E-state index contributed by atoms with van der Waals surface area (Å²) in [5, 5.41) is 2.64. The van der Waals surface area contributed by atoms with Crippen molar-refractivity contribution in [3.8, 4) is 11.5 Å². The van der Waals surface area contributed by atoms with Crippen molar-refractivity contribution in [3.05, 3.63) is 54.1 Å². The van der Waals surface area contributed by atoms with E-state index in [4.69, 9.17) is 9.47 Å². The van der Waals surface area contributed by atoms with Gasteiger partial charge in [0.25, 0.3) is 0 Å². The monoisotopic (exact) mass is 285 g/mol. The summed E-state index contributed by atoms with van der Waals surface area (Å²) in [5.41, 5.74) is 0.991. The smallest absolute Gasteiger partial charge is 0.347 e. The molecule has 0 unspecified atom stereocenters. The summed E-state index contributed by atoms with van der Waals surface area (Å²) in [6.07, 6.45) is 0. The molecule has 1 N–H and O–H groups in total. The molecule has 2 aromatic rings. The number of hydrogen-bond acceptors (Lipinski definition) is 4. The number of carbonyl (C=O) groups excluding carboxylic acids is 2. The Labute approximate surface area is 122 Å². The number of nitrogens with one attached hydrogen (secondary N) is 1. The lowest BCUT2D eigenvalue weighted by atomic mass is 10.2. The molecule has 0 aliphatic rings. The number of hydrogen-bond donors (Lipinski definition) is 1. The van der Waals surface area contributed by atoms with Gasteiger partial charge in [0, 0.05) is 12.6 Å². The quantitative estimate of drug-likeness (QED) is 0.693. The summed E-state index contributed by atoms with van der Waals surface area (Å²) in [6, 6.07) is 13.4. The number of anilines is 1. The summed E-state index contributed by atoms with van der Waals surface area (Å²) >= 11 is 0. The summed E-state index contributed by atoms with van der Waals surface area (Å²) < 4.78 is 10.4. The van der Waals surface area contributed by atoms with Crippen LogP contribution in [0.5, 0.6) is 11.5 Å². The van der Waals surface area contributed by atoms with E-state index in [-0.39, 0.29) is 5.91 Å². The molecule has 0 atom stereocenters. The molecule has 0 fully saturated rings. The van der Waals surface area contributed by atoms with Gasteiger partial charge in [0.1, 0.15) is 17.1 Å². The first-order valence-electron chi connectivity index (χ1n) is 6.33. The molecule has 0 saturated carbocycles. The number of ether oxygens (including phenoxy) is 2. The Balaban J connectivity index is 2.10. The Morgan fingerprint density at radius 2 is 1.67 bits per heavy atom. The number of carbonyl (C=O) groups is 2. The van der Waals surface area contributed by atoms with Gasteiger partial charge in [-0.15, -0.1) is 0 Å². The summed E-state index contributed by atoms with van der Waals surface area (Å²) in [7, 11) is 1.49. The van der Waals surface area contributed by atoms with E-state index in [9.17, 15) is 9.59 Å². The molecule has 2 rings (SSSR count). The van der Waals surface area contributed by atoms with E-state index in [1.54, 1.807) is 48.5 Å². The van der Waals surface area contributed by atoms with Crippen LogP contribution in [0.2, 0.25) is 0 Å². The van der Waals surface area contributed by atoms with E-state index in [1.165, 1.54) is 14.0 Å². The maximum atomic E-state index is 12.1. The van der Waals surface area contributed by atoms with Crippen LogP contribution < -0.4 is 14.8 Å². The lowest BCUT2D eigenvalue weighted by Gasteiger charge is -2.08. The average Bonchev–Trinajstić information content (AvgIpc) is 2.48. The number of amides is 1. The second-order valence-corrected chi connectivity index (χ2v) is 4.30. The van der Waals surface area contributed by atoms with E-state index in [0.29, 0.717) is 22.7 Å². The molecule has 0 radical (unpaired) electrons. The highest BCUT2D eigenvalue weighted by Crippen LogP contribution is 2.21. The molecule has 0 bridgehead atoms. The summed E-state index contributed by atoms with van der Waals surface area (Å²) in [6.45, 7) is 1.43. The van der Waals surface area contributed by atoms with Gasteiger partial charge < -0.3 is 14.8 Å². The maximum absolute atomic E-state index is 12.1. The molecule has 0 aliphatic heterocycles. The third-order valence-electron chi connectivity index (χ3n) is 2.71. The van der Waals surface area contributed by atoms with Crippen LogP contribution >= 0.6 is 0 Å². The van der Waals surface area contributed by atoms with E-state index in [1.807, 2.05) is 0 Å². The van der Waals surface area contributed by atoms with Gasteiger partial charge >= 0.3 is 5.97 Å². The molecule has 0 spiro atoms. The molecule has 0 heterocycles. The van der Waals surface area contributed by atoms with Crippen LogP contribution in [0.1, 0.15) is 17.3 Å². The molecular formula is C16H15NO4. The fourth-order valence-corrected chi connectivity index (χ4v) is 1.78. The SMILES string of the molecule is COc1ccccc1C(=O)Oc1ccc(NC(C)=O)cc1. The van der Waals surface area contributed by atoms with Crippen LogP contribution in [0.3, 0.4) is 0 Å². The van der Waals surface area contributed by atoms with Crippen molar-refractivity contribution in [2.24, 2.45) is 0 Å². The van der Waals surface area contributed by atoms with Gasteiger partial charge in [-0.2, -0.15) is 0 Å². The second kappa shape index (κ2) is 6.56. The Morgan fingerprint density at radius 1 is 1.00 bits per heavy atom. The molecule has 0 aliphatic carbocycles. The minimum Gasteiger partial charge on any atom is -0.496 e. The van der Waals surface area contributed by atoms with Crippen molar-refractivity contribution in [3.63, 3.8) is 0 Å². The number of benzene rings is 2. The van der Waals surface area contributed by atoms with Crippen molar-refractivity contribution in [1.29, 1.82) is 0 Å². The minimum atomic E-state index is -0.500. The van der Waals surface area contributed by atoms with Crippen molar-refractivity contribution >= 4 is 17.6 Å². The fraction of sp³-hybridized carbons (Fsp3) is 0.125. The predicted octanol–water partition coefficient (Wildman–Crippen LogP) is 2.87. The summed E-state index contributed by atoms with van der Waals surface area (Å²) in [5.74, 6) is 0.186. The normalized spacial score (nSPS) is 9.81. The Kier molecular flexibility index (Phi) is 4.56. The van der Waals surface area contributed by atoms with Gasteiger partial charge in [-0.05, 0) is 36.4 Å². The topological polar surface area (TPSA) is 64.6 Å². The lowest BCUT2D eigenvalue weighted by Crippen LogP contribution is -2.10. The second-order valence-electron chi connectivity index (χ2n) is 4.30. The van der Waals surface area contributed by atoms with Crippen LogP contribution in [0.4, 0.5) is 5.69 Å². The Hall–Kier alpha value is -2.82. The van der Waals surface area contributed by atoms with Crippen LogP contribution in [0, 0.1) is 0 Å². The van der Waals surface area contributed by atoms with Crippen LogP contribution in [-0.2, 0) is 4.79 Å². The summed E-state index contributed by atoms with van der Waals surface area (Å²) in [4.78, 5) is 23.0. The van der Waals surface area contributed by atoms with Gasteiger partial charge in [0.15, 0.2) is 0 Å². The zero-order valence-corrected chi connectivity index (χ0v) is 11.8. The molecule has 1 amide bonds. The van der Waals surface area contributed by atoms with Crippen LogP contribution in [0.25, 0.3) is 0 Å². The molecule has 2 aromatic carbocycles. The van der Waals surface area contributed by atoms with Crippen molar-refractivity contribution in [2.45, 2.75) is 6.92 Å². The molecule has 0 saturated heterocycles. The largest absolute Gasteiger partial charge is 0.496 e. The fourth-order valence-electron chi connectivity index (χ4n) is 1.78. The van der Waals surface area contributed by atoms with Gasteiger partial charge in [-0.1, -0.05) is 12.1 Å². The van der Waals surface area contributed by atoms with E-state index in [0.717, 1.165) is 0 Å². The Morgan fingerprint density at radius 3 is 2.29 bits per heavy atom. The predicted molar refractivity (Wildman–Crippen MR) is 78.7 cm³/mol. The first kappa shape index (κ1) is 14.6. The standard InChI is InChI=1S/C16H15NO4/c1-11(18)17-12-7-9-13(10-8-12)21-16(19)14-5-3-4-6-15(14)20-2/h3-10H,1-2H3,(H,17,18). The number of methoxy groups -OCH3 is 1. The third-order valence-corrected chi connectivity index (χ3v) is 2.71. The van der Waals surface area contributed by atoms with E-state index in [2.05, 4.69) is 5.32 Å². The number of esters is 1. The van der Waals surface area contributed by atoms with E-state index >= 15 is 0 Å². The molecule has 108 valence electrons. The van der Waals surface area contributed by atoms with Crippen molar-refractivity contribution < 1.29 is 19.1 Å². The Bertz CT molecular complexity index is 650. The molecule has 0 aromatic heterocycles. The van der Waals surface area contributed by atoms with Gasteiger partial charge in [0.05, 0.1) is 7.11 Å². The van der Waals surface area contributed by atoms with Crippen LogP contribution in [0.15, 0.2) is 48.5 Å². The van der Waals surface area contributed by atoms with Gasteiger partial charge in [-0.25, -0.2) is 4.79 Å². The lowest BCUT2D eigenvalue weighted by molar-refractivity contribution is -0.114. The van der Waals surface area contributed by atoms with Gasteiger partial charge in [-0.3, -0.25) is 4.79 Å². The van der Waals surface area contributed by atoms with Crippen molar-refractivity contribution in [2.75, 3.05) is 12.4 Å².